The molecule has 0 aliphatic carbocycles. The average molecular weight is 518 g/mol. The number of benzene rings is 2. The van der Waals surface area contributed by atoms with Crippen LogP contribution in [0, 0.1) is 5.92 Å². The van der Waals surface area contributed by atoms with Gasteiger partial charge in [-0.25, -0.2) is 0 Å². The van der Waals surface area contributed by atoms with Crippen molar-refractivity contribution in [3.05, 3.63) is 71.3 Å². The third-order valence-corrected chi connectivity index (χ3v) is 7.55. The Hall–Kier alpha value is -3.48. The van der Waals surface area contributed by atoms with E-state index in [1.165, 1.54) is 0 Å². The van der Waals surface area contributed by atoms with Crippen LogP contribution in [0.5, 0.6) is 0 Å². The predicted octanol–water partition coefficient (Wildman–Crippen LogP) is 3.75. The van der Waals surface area contributed by atoms with Crippen molar-refractivity contribution in [1.29, 1.82) is 0 Å². The molecule has 202 valence electrons. The fraction of sp³-hybridized carbons (Fsp3) is 0.484. The first-order valence-electron chi connectivity index (χ1n) is 13.5. The monoisotopic (exact) mass is 517 g/mol. The normalized spacial score (nSPS) is 20.0. The largest absolute Gasteiger partial charge is 0.340 e. The molecule has 2 aromatic carbocycles. The van der Waals surface area contributed by atoms with Gasteiger partial charge in [0.25, 0.3) is 5.91 Å². The van der Waals surface area contributed by atoms with Gasteiger partial charge in [-0.2, -0.15) is 0 Å². The lowest BCUT2D eigenvalue weighted by atomic mass is 9.86. The van der Waals surface area contributed by atoms with Crippen LogP contribution >= 0.6 is 0 Å². The smallest absolute Gasteiger partial charge is 0.251 e. The lowest BCUT2D eigenvalue weighted by molar-refractivity contribution is -0.138. The van der Waals surface area contributed by atoms with Crippen LogP contribution in [0.2, 0.25) is 0 Å². The summed E-state index contributed by atoms with van der Waals surface area (Å²) < 4.78 is 0. The predicted molar refractivity (Wildman–Crippen MR) is 147 cm³/mol. The Morgan fingerprint density at radius 1 is 0.974 bits per heavy atom. The van der Waals surface area contributed by atoms with Crippen LogP contribution in [0.15, 0.2) is 54.6 Å². The number of amides is 3. The molecule has 3 amide bonds. The summed E-state index contributed by atoms with van der Waals surface area (Å²) >= 11 is 0. The molecule has 7 heteroatoms. The highest BCUT2D eigenvalue weighted by atomic mass is 16.2. The molecule has 2 aromatic rings. The third kappa shape index (κ3) is 5.98. The number of carbonyl (C=O) groups excluding carboxylic acids is 4. The first kappa shape index (κ1) is 27.6. The molecule has 7 nitrogen and oxygen atoms in total. The number of hydrogen-bond acceptors (Lipinski definition) is 4. The zero-order valence-corrected chi connectivity index (χ0v) is 23.1. The molecule has 4 rings (SSSR count). The van der Waals surface area contributed by atoms with Crippen molar-refractivity contribution in [2.45, 2.75) is 77.4 Å². The molecule has 0 aromatic heterocycles. The molecule has 2 heterocycles. The van der Waals surface area contributed by atoms with Crippen molar-refractivity contribution in [2.75, 3.05) is 13.1 Å². The molecule has 38 heavy (non-hydrogen) atoms. The van der Waals surface area contributed by atoms with Crippen molar-refractivity contribution < 1.29 is 19.2 Å². The Balaban J connectivity index is 1.47. The van der Waals surface area contributed by atoms with Gasteiger partial charge in [0.2, 0.25) is 11.8 Å². The standard InChI is InChI=1S/C31H39N3O4/c1-20(2)17-24(32-29(37)22-11-13-23(14-12-22)31(3,4)5)30(38)33-16-15-25-28(33)26(35)19-34(25)27(36)18-21-9-7-6-8-10-21/h6-14,20,24-25,28H,15-19H2,1-5H3,(H,32,37)/t24-,25?,28-/m0/s1. The molecule has 2 saturated heterocycles. The van der Waals surface area contributed by atoms with Crippen molar-refractivity contribution in [3.8, 4) is 0 Å². The van der Waals surface area contributed by atoms with Gasteiger partial charge in [0.05, 0.1) is 19.0 Å². The summed E-state index contributed by atoms with van der Waals surface area (Å²) in [5, 5.41) is 2.94. The highest BCUT2D eigenvalue weighted by molar-refractivity contribution is 6.01. The first-order chi connectivity index (χ1) is 18.0. The summed E-state index contributed by atoms with van der Waals surface area (Å²) in [7, 11) is 0. The van der Waals surface area contributed by atoms with Gasteiger partial charge in [0.1, 0.15) is 12.1 Å². The van der Waals surface area contributed by atoms with Gasteiger partial charge in [-0.05, 0) is 47.4 Å². The molecule has 3 atom stereocenters. The Bertz CT molecular complexity index is 1180. The van der Waals surface area contributed by atoms with E-state index in [1.54, 1.807) is 21.9 Å². The lowest BCUT2D eigenvalue weighted by Crippen LogP contribution is -2.53. The topological polar surface area (TPSA) is 86.8 Å². The van der Waals surface area contributed by atoms with Crippen LogP contribution in [-0.4, -0.2) is 64.5 Å². The van der Waals surface area contributed by atoms with Gasteiger partial charge >= 0.3 is 0 Å². The highest BCUT2D eigenvalue weighted by Gasteiger charge is 2.52. The lowest BCUT2D eigenvalue weighted by Gasteiger charge is -2.29. The number of nitrogens with one attached hydrogen (secondary N) is 1. The van der Waals surface area contributed by atoms with E-state index in [1.807, 2.05) is 56.3 Å². The van der Waals surface area contributed by atoms with Gasteiger partial charge in [-0.3, -0.25) is 19.2 Å². The number of likely N-dealkylation sites (tertiary alicyclic amines) is 2. The number of Topliss-reactive ketones (excluding diaryl/α,β-unsaturated/α-hetero) is 1. The highest BCUT2D eigenvalue weighted by Crippen LogP contribution is 2.31. The second-order valence-electron chi connectivity index (χ2n) is 12.0. The van der Waals surface area contributed by atoms with Gasteiger partial charge in [-0.15, -0.1) is 0 Å². The summed E-state index contributed by atoms with van der Waals surface area (Å²) in [4.78, 5) is 56.2. The number of carbonyl (C=O) groups is 4. The summed E-state index contributed by atoms with van der Waals surface area (Å²) in [6, 6.07) is 15.2. The second-order valence-corrected chi connectivity index (χ2v) is 12.0. The maximum atomic E-state index is 13.7. The van der Waals surface area contributed by atoms with E-state index >= 15 is 0 Å². The Morgan fingerprint density at radius 2 is 1.63 bits per heavy atom. The van der Waals surface area contributed by atoms with Gasteiger partial charge in [0.15, 0.2) is 5.78 Å². The Labute approximate surface area is 225 Å². The van der Waals surface area contributed by atoms with E-state index < -0.39 is 12.1 Å². The number of rotatable bonds is 7. The molecule has 0 spiro atoms. The van der Waals surface area contributed by atoms with Crippen LogP contribution < -0.4 is 5.32 Å². The van der Waals surface area contributed by atoms with Gasteiger partial charge in [0, 0.05) is 12.1 Å². The summed E-state index contributed by atoms with van der Waals surface area (Å²) in [5.41, 5.74) is 2.49. The van der Waals surface area contributed by atoms with Crippen LogP contribution in [0.1, 0.15) is 68.9 Å². The van der Waals surface area contributed by atoms with Crippen LogP contribution in [0.4, 0.5) is 0 Å². The quantitative estimate of drug-likeness (QED) is 0.606. The van der Waals surface area contributed by atoms with Gasteiger partial charge < -0.3 is 15.1 Å². The zero-order chi connectivity index (χ0) is 27.6. The van der Waals surface area contributed by atoms with E-state index in [4.69, 9.17) is 0 Å². The average Bonchev–Trinajstić information content (AvgIpc) is 3.44. The molecular weight excluding hydrogens is 478 g/mol. The van der Waals surface area contributed by atoms with Crippen LogP contribution in [0.25, 0.3) is 0 Å². The first-order valence-corrected chi connectivity index (χ1v) is 13.5. The fourth-order valence-electron chi connectivity index (χ4n) is 5.52. The minimum atomic E-state index is -0.745. The molecular formula is C31H39N3O4. The fourth-order valence-corrected chi connectivity index (χ4v) is 5.52. The molecule has 1 unspecified atom stereocenters. The SMILES string of the molecule is CC(C)C[C@H](NC(=O)c1ccc(C(C)(C)C)cc1)C(=O)N1CCC2[C@H]1C(=O)CN2C(=O)Cc1ccccc1. The third-order valence-electron chi connectivity index (χ3n) is 7.55. The Morgan fingerprint density at radius 3 is 2.24 bits per heavy atom. The number of ketones is 1. The number of fused-ring (bicyclic) bond motifs is 1. The molecule has 0 radical (unpaired) electrons. The summed E-state index contributed by atoms with van der Waals surface area (Å²) in [5.74, 6) is -0.616. The molecule has 1 N–H and O–H groups in total. The maximum Gasteiger partial charge on any atom is 0.251 e. The van der Waals surface area contributed by atoms with Crippen molar-refractivity contribution >= 4 is 23.5 Å². The van der Waals surface area contributed by atoms with E-state index in [2.05, 4.69) is 26.1 Å². The van der Waals surface area contributed by atoms with E-state index in [0.717, 1.165) is 11.1 Å². The number of nitrogens with zero attached hydrogens (tertiary/aromatic N) is 2. The van der Waals surface area contributed by atoms with Crippen molar-refractivity contribution in [1.82, 2.24) is 15.1 Å². The molecule has 2 fully saturated rings. The van der Waals surface area contributed by atoms with Gasteiger partial charge in [-0.1, -0.05) is 77.1 Å². The van der Waals surface area contributed by atoms with Crippen molar-refractivity contribution in [2.24, 2.45) is 5.92 Å². The molecule has 2 aliphatic rings. The van der Waals surface area contributed by atoms with Crippen LogP contribution in [0.3, 0.4) is 0 Å². The van der Waals surface area contributed by atoms with E-state index in [-0.39, 0.29) is 53.8 Å². The minimum Gasteiger partial charge on any atom is -0.340 e. The summed E-state index contributed by atoms with van der Waals surface area (Å²) in [6.45, 7) is 10.8. The van der Waals surface area contributed by atoms with E-state index in [0.29, 0.717) is 24.9 Å². The molecule has 2 aliphatic heterocycles. The van der Waals surface area contributed by atoms with E-state index in [9.17, 15) is 19.2 Å². The molecule has 0 bridgehead atoms. The molecule has 0 saturated carbocycles. The van der Waals surface area contributed by atoms with Crippen LogP contribution in [-0.2, 0) is 26.2 Å². The number of hydrogen-bond donors (Lipinski definition) is 1. The maximum absolute atomic E-state index is 13.7. The Kier molecular flexibility index (Phi) is 8.05. The zero-order valence-electron chi connectivity index (χ0n) is 23.1. The minimum absolute atomic E-state index is 0.0200. The van der Waals surface area contributed by atoms with Crippen molar-refractivity contribution in [3.63, 3.8) is 0 Å². The second kappa shape index (κ2) is 11.1. The summed E-state index contributed by atoms with van der Waals surface area (Å²) in [6.07, 6.45) is 1.24.